The van der Waals surface area contributed by atoms with Crippen LogP contribution in [0.25, 0.3) is 0 Å². The first-order valence-electron chi connectivity index (χ1n) is 8.73. The quantitative estimate of drug-likeness (QED) is 0.789. The van der Waals surface area contributed by atoms with Crippen LogP contribution < -0.4 is 4.90 Å². The molecule has 0 unspecified atom stereocenters. The number of halogens is 1. The monoisotopic (exact) mass is 336 g/mol. The van der Waals surface area contributed by atoms with Crippen LogP contribution in [0.4, 0.5) is 10.1 Å². The zero-order valence-corrected chi connectivity index (χ0v) is 14.2. The Morgan fingerprint density at radius 3 is 2.58 bits per heavy atom. The van der Waals surface area contributed by atoms with E-state index in [1.807, 2.05) is 4.90 Å². The Hall–Kier alpha value is -1.66. The van der Waals surface area contributed by atoms with Crippen molar-refractivity contribution in [3.8, 4) is 0 Å². The standard InChI is InChI=1S/C18H25FN2O3/c1-2-20-7-9-21(10-8-20)17-4-3-14(13-16(17)19)18(22)24-15-5-11-23-12-6-15/h3-4,13,15H,2,5-12H2,1H3. The number of ether oxygens (including phenoxy) is 2. The summed E-state index contributed by atoms with van der Waals surface area (Å²) in [5, 5.41) is 0. The van der Waals surface area contributed by atoms with Gasteiger partial charge in [0.1, 0.15) is 11.9 Å². The van der Waals surface area contributed by atoms with E-state index < -0.39 is 5.97 Å². The van der Waals surface area contributed by atoms with Crippen molar-refractivity contribution in [1.82, 2.24) is 4.90 Å². The van der Waals surface area contributed by atoms with E-state index in [-0.39, 0.29) is 17.5 Å². The van der Waals surface area contributed by atoms with Crippen LogP contribution >= 0.6 is 0 Å². The normalized spacial score (nSPS) is 20.2. The highest BCUT2D eigenvalue weighted by atomic mass is 19.1. The molecule has 0 radical (unpaired) electrons. The van der Waals surface area contributed by atoms with Gasteiger partial charge in [0.25, 0.3) is 0 Å². The molecule has 0 atom stereocenters. The third kappa shape index (κ3) is 4.05. The molecule has 24 heavy (non-hydrogen) atoms. The molecule has 1 aromatic rings. The molecular weight excluding hydrogens is 311 g/mol. The van der Waals surface area contributed by atoms with Crippen LogP contribution in [0, 0.1) is 5.82 Å². The second-order valence-electron chi connectivity index (χ2n) is 6.30. The van der Waals surface area contributed by atoms with Crippen molar-refractivity contribution in [1.29, 1.82) is 0 Å². The number of carbonyl (C=O) groups is 1. The largest absolute Gasteiger partial charge is 0.459 e. The molecule has 5 nitrogen and oxygen atoms in total. The fourth-order valence-corrected chi connectivity index (χ4v) is 3.21. The number of esters is 1. The minimum Gasteiger partial charge on any atom is -0.459 e. The van der Waals surface area contributed by atoms with Gasteiger partial charge in [-0.15, -0.1) is 0 Å². The number of piperazine rings is 1. The predicted octanol–water partition coefficient (Wildman–Crippen LogP) is 2.30. The lowest BCUT2D eigenvalue weighted by Gasteiger charge is -2.35. The summed E-state index contributed by atoms with van der Waals surface area (Å²) in [4.78, 5) is 16.6. The fraction of sp³-hybridized carbons (Fsp3) is 0.611. The van der Waals surface area contributed by atoms with Gasteiger partial charge in [0.05, 0.1) is 24.5 Å². The van der Waals surface area contributed by atoms with Crippen molar-refractivity contribution in [3.63, 3.8) is 0 Å². The van der Waals surface area contributed by atoms with Gasteiger partial charge in [-0.1, -0.05) is 6.92 Å². The van der Waals surface area contributed by atoms with Crippen LogP contribution in [0.3, 0.4) is 0 Å². The summed E-state index contributed by atoms with van der Waals surface area (Å²) in [5.41, 5.74) is 0.836. The topological polar surface area (TPSA) is 42.0 Å². The van der Waals surface area contributed by atoms with Crippen molar-refractivity contribution in [2.24, 2.45) is 0 Å². The Labute approximate surface area is 142 Å². The number of hydrogen-bond acceptors (Lipinski definition) is 5. The van der Waals surface area contributed by atoms with Crippen LogP contribution in [0.2, 0.25) is 0 Å². The molecule has 3 rings (SSSR count). The van der Waals surface area contributed by atoms with E-state index in [0.717, 1.165) is 32.7 Å². The van der Waals surface area contributed by atoms with Gasteiger partial charge in [0.2, 0.25) is 0 Å². The van der Waals surface area contributed by atoms with Crippen LogP contribution in [0.15, 0.2) is 18.2 Å². The number of hydrogen-bond donors (Lipinski definition) is 0. The van der Waals surface area contributed by atoms with Gasteiger partial charge in [-0.2, -0.15) is 0 Å². The van der Waals surface area contributed by atoms with Crippen molar-refractivity contribution >= 4 is 11.7 Å². The van der Waals surface area contributed by atoms with Crippen LogP contribution in [-0.4, -0.2) is 62.9 Å². The molecule has 2 aliphatic heterocycles. The molecular formula is C18H25FN2O3. The Balaban J connectivity index is 1.62. The Morgan fingerprint density at radius 2 is 1.96 bits per heavy atom. The zero-order chi connectivity index (χ0) is 16.9. The third-order valence-electron chi connectivity index (χ3n) is 4.79. The Morgan fingerprint density at radius 1 is 1.25 bits per heavy atom. The summed E-state index contributed by atoms with van der Waals surface area (Å²) in [6.07, 6.45) is 1.28. The molecule has 2 aliphatic rings. The first-order chi connectivity index (χ1) is 11.7. The summed E-state index contributed by atoms with van der Waals surface area (Å²) in [6.45, 7) is 7.84. The van der Waals surface area contributed by atoms with E-state index in [0.29, 0.717) is 31.7 Å². The van der Waals surface area contributed by atoms with Crippen molar-refractivity contribution in [3.05, 3.63) is 29.6 Å². The molecule has 2 saturated heterocycles. The van der Waals surface area contributed by atoms with Gasteiger partial charge < -0.3 is 19.3 Å². The second kappa shape index (κ2) is 7.94. The highest BCUT2D eigenvalue weighted by Gasteiger charge is 2.22. The molecule has 0 saturated carbocycles. The van der Waals surface area contributed by atoms with Crippen LogP contribution in [0.5, 0.6) is 0 Å². The predicted molar refractivity (Wildman–Crippen MR) is 90.0 cm³/mol. The highest BCUT2D eigenvalue weighted by molar-refractivity contribution is 5.90. The molecule has 0 bridgehead atoms. The third-order valence-corrected chi connectivity index (χ3v) is 4.79. The van der Waals surface area contributed by atoms with E-state index in [2.05, 4.69) is 11.8 Å². The molecule has 0 N–H and O–H groups in total. The molecule has 2 heterocycles. The van der Waals surface area contributed by atoms with E-state index in [1.54, 1.807) is 12.1 Å². The number of rotatable bonds is 4. The maximum absolute atomic E-state index is 14.5. The number of likely N-dealkylation sites (N-methyl/N-ethyl adjacent to an activating group) is 1. The lowest BCUT2D eigenvalue weighted by molar-refractivity contribution is -0.0159. The van der Waals surface area contributed by atoms with Crippen molar-refractivity contribution in [2.75, 3.05) is 50.8 Å². The van der Waals surface area contributed by atoms with E-state index >= 15 is 0 Å². The smallest absolute Gasteiger partial charge is 0.338 e. The maximum Gasteiger partial charge on any atom is 0.338 e. The highest BCUT2D eigenvalue weighted by Crippen LogP contribution is 2.23. The molecule has 0 spiro atoms. The number of nitrogens with zero attached hydrogens (tertiary/aromatic N) is 2. The van der Waals surface area contributed by atoms with E-state index in [1.165, 1.54) is 6.07 Å². The molecule has 1 aromatic carbocycles. The molecule has 0 aliphatic carbocycles. The lowest BCUT2D eigenvalue weighted by atomic mass is 10.1. The van der Waals surface area contributed by atoms with Crippen molar-refractivity contribution < 1.29 is 18.7 Å². The summed E-state index contributed by atoms with van der Waals surface area (Å²) >= 11 is 0. The Bertz CT molecular complexity index is 567. The zero-order valence-electron chi connectivity index (χ0n) is 14.2. The van der Waals surface area contributed by atoms with Gasteiger partial charge in [0, 0.05) is 39.0 Å². The molecule has 6 heteroatoms. The summed E-state index contributed by atoms with van der Waals surface area (Å²) < 4.78 is 25.2. The number of benzene rings is 1. The molecule has 2 fully saturated rings. The number of carbonyl (C=O) groups excluding carboxylic acids is 1. The lowest BCUT2D eigenvalue weighted by Crippen LogP contribution is -2.46. The molecule has 0 aromatic heterocycles. The fourth-order valence-electron chi connectivity index (χ4n) is 3.21. The minimum atomic E-state index is -0.455. The molecule has 132 valence electrons. The van der Waals surface area contributed by atoms with Gasteiger partial charge >= 0.3 is 5.97 Å². The van der Waals surface area contributed by atoms with E-state index in [9.17, 15) is 9.18 Å². The van der Waals surface area contributed by atoms with Crippen LogP contribution in [0.1, 0.15) is 30.1 Å². The van der Waals surface area contributed by atoms with Crippen molar-refractivity contribution in [2.45, 2.75) is 25.9 Å². The minimum absolute atomic E-state index is 0.129. The van der Waals surface area contributed by atoms with Gasteiger partial charge in [-0.25, -0.2) is 9.18 Å². The SMILES string of the molecule is CCN1CCN(c2ccc(C(=O)OC3CCOCC3)cc2F)CC1. The first kappa shape index (κ1) is 17.2. The van der Waals surface area contributed by atoms with Crippen LogP contribution in [-0.2, 0) is 9.47 Å². The Kier molecular flexibility index (Phi) is 5.68. The number of anilines is 1. The van der Waals surface area contributed by atoms with Gasteiger partial charge in [-0.05, 0) is 24.7 Å². The maximum atomic E-state index is 14.5. The first-order valence-corrected chi connectivity index (χ1v) is 8.73. The average Bonchev–Trinajstić information content (AvgIpc) is 2.62. The second-order valence-corrected chi connectivity index (χ2v) is 6.30. The summed E-state index contributed by atoms with van der Waals surface area (Å²) in [5.74, 6) is -0.815. The van der Waals surface area contributed by atoms with Gasteiger partial charge in [-0.3, -0.25) is 0 Å². The molecule has 0 amide bonds. The van der Waals surface area contributed by atoms with E-state index in [4.69, 9.17) is 9.47 Å². The average molecular weight is 336 g/mol. The summed E-state index contributed by atoms with van der Waals surface area (Å²) in [6, 6.07) is 4.65. The summed E-state index contributed by atoms with van der Waals surface area (Å²) in [7, 11) is 0. The van der Waals surface area contributed by atoms with Gasteiger partial charge in [0.15, 0.2) is 0 Å².